The summed E-state index contributed by atoms with van der Waals surface area (Å²) in [4.78, 5) is 4.04. The van der Waals surface area contributed by atoms with Crippen LogP contribution < -0.4 is 10.5 Å². The fraction of sp³-hybridized carbons (Fsp3) is 0.188. The number of nitrogens with zero attached hydrogens (tertiary/aromatic N) is 2. The Labute approximate surface area is 117 Å². The minimum absolute atomic E-state index is 0.489. The van der Waals surface area contributed by atoms with Crippen LogP contribution in [0.3, 0.4) is 0 Å². The van der Waals surface area contributed by atoms with E-state index >= 15 is 0 Å². The standard InChI is InChI=1S/C16H17N3O/c1-2-19-10-12(11-20-13-5-4-8-18-9-13)16-14(17)6-3-7-15(16)19/h3-10H,2,11,17H2,1H3. The van der Waals surface area contributed by atoms with Gasteiger partial charge in [0.15, 0.2) is 0 Å². The van der Waals surface area contributed by atoms with E-state index in [1.807, 2.05) is 24.3 Å². The van der Waals surface area contributed by atoms with E-state index in [2.05, 4.69) is 28.7 Å². The molecule has 0 saturated carbocycles. The molecule has 2 aromatic heterocycles. The predicted octanol–water partition coefficient (Wildman–Crippen LogP) is 3.22. The van der Waals surface area contributed by atoms with Crippen LogP contribution in [0.15, 0.2) is 48.9 Å². The average molecular weight is 267 g/mol. The fourth-order valence-electron chi connectivity index (χ4n) is 2.43. The summed E-state index contributed by atoms with van der Waals surface area (Å²) in [6.45, 7) is 3.52. The molecule has 3 aromatic rings. The molecule has 0 fully saturated rings. The smallest absolute Gasteiger partial charge is 0.138 e. The highest BCUT2D eigenvalue weighted by Gasteiger charge is 2.10. The van der Waals surface area contributed by atoms with Crippen LogP contribution in [0.1, 0.15) is 12.5 Å². The van der Waals surface area contributed by atoms with Gasteiger partial charge in [0, 0.05) is 35.6 Å². The number of ether oxygens (including phenoxy) is 1. The summed E-state index contributed by atoms with van der Waals surface area (Å²) in [5.74, 6) is 0.763. The highest BCUT2D eigenvalue weighted by Crippen LogP contribution is 2.28. The molecule has 4 heteroatoms. The van der Waals surface area contributed by atoms with Gasteiger partial charge in [0.05, 0.1) is 11.7 Å². The largest absolute Gasteiger partial charge is 0.487 e. The van der Waals surface area contributed by atoms with Gasteiger partial charge in [-0.25, -0.2) is 0 Å². The zero-order valence-electron chi connectivity index (χ0n) is 11.4. The Morgan fingerprint density at radius 1 is 1.25 bits per heavy atom. The normalized spacial score (nSPS) is 10.8. The van der Waals surface area contributed by atoms with Crippen molar-refractivity contribution in [3.05, 3.63) is 54.5 Å². The number of fused-ring (bicyclic) bond motifs is 1. The van der Waals surface area contributed by atoms with Gasteiger partial charge in [-0.3, -0.25) is 4.98 Å². The van der Waals surface area contributed by atoms with Crippen LogP contribution in [0.25, 0.3) is 10.9 Å². The second-order valence-electron chi connectivity index (χ2n) is 4.66. The Hall–Kier alpha value is -2.49. The van der Waals surface area contributed by atoms with E-state index in [-0.39, 0.29) is 0 Å². The Morgan fingerprint density at radius 2 is 2.15 bits per heavy atom. The lowest BCUT2D eigenvalue weighted by Crippen LogP contribution is -1.96. The van der Waals surface area contributed by atoms with Crippen LogP contribution in [0, 0.1) is 0 Å². The molecule has 102 valence electrons. The summed E-state index contributed by atoms with van der Waals surface area (Å²) >= 11 is 0. The zero-order chi connectivity index (χ0) is 13.9. The zero-order valence-corrected chi connectivity index (χ0v) is 11.4. The van der Waals surface area contributed by atoms with Crippen molar-refractivity contribution in [1.29, 1.82) is 0 Å². The number of pyridine rings is 1. The van der Waals surface area contributed by atoms with E-state index in [1.165, 1.54) is 0 Å². The van der Waals surface area contributed by atoms with Gasteiger partial charge in [0.25, 0.3) is 0 Å². The van der Waals surface area contributed by atoms with Crippen molar-refractivity contribution in [2.24, 2.45) is 0 Å². The van der Waals surface area contributed by atoms with E-state index in [9.17, 15) is 0 Å². The molecule has 0 bridgehead atoms. The second-order valence-corrected chi connectivity index (χ2v) is 4.66. The van der Waals surface area contributed by atoms with Crippen molar-refractivity contribution < 1.29 is 4.74 Å². The van der Waals surface area contributed by atoms with Gasteiger partial charge in [0.1, 0.15) is 12.4 Å². The van der Waals surface area contributed by atoms with Crippen LogP contribution in [-0.2, 0) is 13.2 Å². The van der Waals surface area contributed by atoms with E-state index in [0.717, 1.165) is 34.4 Å². The molecule has 2 N–H and O–H groups in total. The lowest BCUT2D eigenvalue weighted by molar-refractivity contribution is 0.306. The number of rotatable bonds is 4. The fourth-order valence-corrected chi connectivity index (χ4v) is 2.43. The van der Waals surface area contributed by atoms with E-state index in [0.29, 0.717) is 6.61 Å². The third-order valence-corrected chi connectivity index (χ3v) is 3.39. The molecule has 0 spiro atoms. The number of benzene rings is 1. The van der Waals surface area contributed by atoms with Gasteiger partial charge in [-0.15, -0.1) is 0 Å². The van der Waals surface area contributed by atoms with Crippen molar-refractivity contribution in [2.45, 2.75) is 20.1 Å². The summed E-state index contributed by atoms with van der Waals surface area (Å²) in [6.07, 6.45) is 5.55. The first-order valence-electron chi connectivity index (χ1n) is 6.68. The summed E-state index contributed by atoms with van der Waals surface area (Å²) in [5.41, 5.74) is 9.15. The Kier molecular flexibility index (Phi) is 3.29. The lowest BCUT2D eigenvalue weighted by Gasteiger charge is -2.05. The molecular weight excluding hydrogens is 250 g/mol. The minimum Gasteiger partial charge on any atom is -0.487 e. The number of hydrogen-bond donors (Lipinski definition) is 1. The second kappa shape index (κ2) is 5.25. The number of aromatic nitrogens is 2. The number of hydrogen-bond acceptors (Lipinski definition) is 3. The van der Waals surface area contributed by atoms with Gasteiger partial charge in [0.2, 0.25) is 0 Å². The first kappa shape index (κ1) is 12.5. The Bertz CT molecular complexity index is 719. The highest BCUT2D eigenvalue weighted by molar-refractivity contribution is 5.94. The molecule has 4 nitrogen and oxygen atoms in total. The lowest BCUT2D eigenvalue weighted by atomic mass is 10.1. The van der Waals surface area contributed by atoms with Crippen molar-refractivity contribution in [2.75, 3.05) is 5.73 Å². The summed E-state index contributed by atoms with van der Waals surface area (Å²) in [7, 11) is 0. The van der Waals surface area contributed by atoms with Crippen LogP contribution >= 0.6 is 0 Å². The van der Waals surface area contributed by atoms with Crippen molar-refractivity contribution in [3.63, 3.8) is 0 Å². The van der Waals surface area contributed by atoms with Crippen LogP contribution in [0.2, 0.25) is 0 Å². The third-order valence-electron chi connectivity index (χ3n) is 3.39. The van der Waals surface area contributed by atoms with E-state index in [4.69, 9.17) is 10.5 Å². The molecule has 0 aliphatic heterocycles. The third kappa shape index (κ3) is 2.20. The molecule has 0 radical (unpaired) electrons. The molecule has 1 aromatic carbocycles. The monoisotopic (exact) mass is 267 g/mol. The molecule has 2 heterocycles. The van der Waals surface area contributed by atoms with E-state index < -0.39 is 0 Å². The first-order chi connectivity index (χ1) is 9.79. The summed E-state index contributed by atoms with van der Waals surface area (Å²) < 4.78 is 7.97. The molecule has 0 atom stereocenters. The molecule has 20 heavy (non-hydrogen) atoms. The van der Waals surface area contributed by atoms with Crippen LogP contribution in [0.4, 0.5) is 5.69 Å². The summed E-state index contributed by atoms with van der Waals surface area (Å²) in [5, 5.41) is 1.08. The van der Waals surface area contributed by atoms with Gasteiger partial charge >= 0.3 is 0 Å². The van der Waals surface area contributed by atoms with E-state index in [1.54, 1.807) is 12.4 Å². The average Bonchev–Trinajstić information content (AvgIpc) is 2.86. The topological polar surface area (TPSA) is 53.1 Å². The maximum Gasteiger partial charge on any atom is 0.138 e. The Balaban J connectivity index is 1.95. The SMILES string of the molecule is CCn1cc(COc2cccnc2)c2c(N)cccc21. The number of nitrogen functional groups attached to an aromatic ring is 1. The number of anilines is 1. The quantitative estimate of drug-likeness (QED) is 0.738. The predicted molar refractivity (Wildman–Crippen MR) is 80.6 cm³/mol. The molecule has 0 aliphatic carbocycles. The maximum atomic E-state index is 6.11. The Morgan fingerprint density at radius 3 is 2.90 bits per heavy atom. The van der Waals surface area contributed by atoms with Gasteiger partial charge in [-0.05, 0) is 31.2 Å². The highest BCUT2D eigenvalue weighted by atomic mass is 16.5. The van der Waals surface area contributed by atoms with Crippen molar-refractivity contribution >= 4 is 16.6 Å². The molecule has 0 unspecified atom stereocenters. The molecule has 0 amide bonds. The maximum absolute atomic E-state index is 6.11. The van der Waals surface area contributed by atoms with Gasteiger partial charge in [-0.2, -0.15) is 0 Å². The molecule has 0 aliphatic rings. The first-order valence-corrected chi connectivity index (χ1v) is 6.68. The summed E-state index contributed by atoms with van der Waals surface area (Å²) in [6, 6.07) is 9.75. The minimum atomic E-state index is 0.489. The van der Waals surface area contributed by atoms with Gasteiger partial charge in [-0.1, -0.05) is 6.07 Å². The molecular formula is C16H17N3O. The van der Waals surface area contributed by atoms with Gasteiger partial charge < -0.3 is 15.0 Å². The van der Waals surface area contributed by atoms with Crippen LogP contribution in [-0.4, -0.2) is 9.55 Å². The molecule has 3 rings (SSSR count). The van der Waals surface area contributed by atoms with Crippen LogP contribution in [0.5, 0.6) is 5.75 Å². The van der Waals surface area contributed by atoms with Crippen molar-refractivity contribution in [3.8, 4) is 5.75 Å². The number of aryl methyl sites for hydroxylation is 1. The molecule has 0 saturated heterocycles. The van der Waals surface area contributed by atoms with Crippen molar-refractivity contribution in [1.82, 2.24) is 9.55 Å². The number of nitrogens with two attached hydrogens (primary N) is 1.